The molecule has 1 N–H and O–H groups in total. The Morgan fingerprint density at radius 2 is 2.42 bits per heavy atom. The minimum Gasteiger partial charge on any atom is -0.335 e. The molecule has 4 nitrogen and oxygen atoms in total. The number of hydrogen-bond acceptors (Lipinski definition) is 4. The zero-order chi connectivity index (χ0) is 13.7. The summed E-state index contributed by atoms with van der Waals surface area (Å²) in [5, 5.41) is 3.50. The lowest BCUT2D eigenvalue weighted by Crippen LogP contribution is -2.53. The highest BCUT2D eigenvalue weighted by Crippen LogP contribution is 2.19. The molecule has 19 heavy (non-hydrogen) atoms. The van der Waals surface area contributed by atoms with Crippen LogP contribution in [0.1, 0.15) is 19.2 Å². The lowest BCUT2D eigenvalue weighted by atomic mass is 10.0. The molecule has 108 valence electrons. The SMILES string of the molecule is CCCn1ccnc1CC(NC)C1CSCCN1C. The van der Waals surface area contributed by atoms with Crippen molar-refractivity contribution in [3.63, 3.8) is 0 Å². The van der Waals surface area contributed by atoms with Gasteiger partial charge in [-0.1, -0.05) is 6.92 Å². The number of imidazole rings is 1. The molecule has 0 aromatic carbocycles. The van der Waals surface area contributed by atoms with E-state index in [2.05, 4.69) is 58.7 Å². The molecule has 0 spiro atoms. The summed E-state index contributed by atoms with van der Waals surface area (Å²) in [6.07, 6.45) is 6.20. The van der Waals surface area contributed by atoms with E-state index in [1.165, 1.54) is 23.9 Å². The van der Waals surface area contributed by atoms with Crippen LogP contribution in [0.5, 0.6) is 0 Å². The Morgan fingerprint density at radius 1 is 1.58 bits per heavy atom. The number of hydrogen-bond donors (Lipinski definition) is 1. The standard InChI is InChI=1S/C14H26N4S/c1-4-6-18-7-5-16-14(18)10-12(15-2)13-11-19-9-8-17(13)3/h5,7,12-13,15H,4,6,8-11H2,1-3H3. The Balaban J connectivity index is 2.03. The molecule has 1 saturated heterocycles. The van der Waals surface area contributed by atoms with Gasteiger partial charge in [-0.15, -0.1) is 0 Å². The highest BCUT2D eigenvalue weighted by molar-refractivity contribution is 7.99. The van der Waals surface area contributed by atoms with Crippen LogP contribution in [-0.2, 0) is 13.0 Å². The van der Waals surface area contributed by atoms with Gasteiger partial charge in [0.15, 0.2) is 0 Å². The van der Waals surface area contributed by atoms with Crippen LogP contribution in [0.25, 0.3) is 0 Å². The van der Waals surface area contributed by atoms with Gasteiger partial charge in [-0.3, -0.25) is 0 Å². The van der Waals surface area contributed by atoms with Gasteiger partial charge in [0, 0.05) is 55.5 Å². The van der Waals surface area contributed by atoms with Gasteiger partial charge in [0.2, 0.25) is 0 Å². The van der Waals surface area contributed by atoms with Crippen molar-refractivity contribution >= 4 is 11.8 Å². The summed E-state index contributed by atoms with van der Waals surface area (Å²) in [5.41, 5.74) is 0. The fraction of sp³-hybridized carbons (Fsp3) is 0.786. The van der Waals surface area contributed by atoms with Gasteiger partial charge >= 0.3 is 0 Å². The quantitative estimate of drug-likeness (QED) is 0.856. The summed E-state index contributed by atoms with van der Waals surface area (Å²) in [7, 11) is 4.32. The number of aromatic nitrogens is 2. The summed E-state index contributed by atoms with van der Waals surface area (Å²) in [5.74, 6) is 3.69. The van der Waals surface area contributed by atoms with E-state index in [0.29, 0.717) is 12.1 Å². The van der Waals surface area contributed by atoms with E-state index in [1.54, 1.807) is 0 Å². The van der Waals surface area contributed by atoms with Crippen molar-refractivity contribution in [3.8, 4) is 0 Å². The normalized spacial score (nSPS) is 22.6. The lowest BCUT2D eigenvalue weighted by Gasteiger charge is -2.37. The second-order valence-corrected chi connectivity index (χ2v) is 6.41. The van der Waals surface area contributed by atoms with Crippen molar-refractivity contribution < 1.29 is 0 Å². The number of aryl methyl sites for hydroxylation is 1. The molecule has 1 fully saturated rings. The third-order valence-corrected chi connectivity index (χ3v) is 5.00. The summed E-state index contributed by atoms with van der Waals surface area (Å²) >= 11 is 2.07. The van der Waals surface area contributed by atoms with E-state index in [0.717, 1.165) is 19.4 Å². The summed E-state index contributed by atoms with van der Waals surface area (Å²) < 4.78 is 2.29. The first kappa shape index (κ1) is 14.9. The van der Waals surface area contributed by atoms with Crippen LogP contribution in [0.3, 0.4) is 0 Å². The largest absolute Gasteiger partial charge is 0.335 e. The van der Waals surface area contributed by atoms with E-state index >= 15 is 0 Å². The Hall–Kier alpha value is -0.520. The number of nitrogens with zero attached hydrogens (tertiary/aromatic N) is 3. The molecule has 1 aromatic rings. The second-order valence-electron chi connectivity index (χ2n) is 5.26. The molecule has 5 heteroatoms. The van der Waals surface area contributed by atoms with Crippen molar-refractivity contribution in [3.05, 3.63) is 18.2 Å². The van der Waals surface area contributed by atoms with Crippen molar-refractivity contribution in [2.75, 3.05) is 32.1 Å². The average Bonchev–Trinajstić information content (AvgIpc) is 2.85. The first-order valence-electron chi connectivity index (χ1n) is 7.21. The lowest BCUT2D eigenvalue weighted by molar-refractivity contribution is 0.217. The highest BCUT2D eigenvalue weighted by atomic mass is 32.2. The van der Waals surface area contributed by atoms with E-state index in [1.807, 2.05) is 6.20 Å². The van der Waals surface area contributed by atoms with Crippen LogP contribution in [0.2, 0.25) is 0 Å². The number of likely N-dealkylation sites (N-methyl/N-ethyl adjacent to an activating group) is 2. The van der Waals surface area contributed by atoms with Crippen LogP contribution in [0, 0.1) is 0 Å². The molecule has 2 unspecified atom stereocenters. The molecule has 2 atom stereocenters. The van der Waals surface area contributed by atoms with Gasteiger partial charge in [-0.05, 0) is 20.5 Å². The minimum atomic E-state index is 0.482. The topological polar surface area (TPSA) is 33.1 Å². The second kappa shape index (κ2) is 7.31. The smallest absolute Gasteiger partial charge is 0.110 e. The van der Waals surface area contributed by atoms with Crippen molar-refractivity contribution in [2.24, 2.45) is 0 Å². The van der Waals surface area contributed by atoms with Gasteiger partial charge in [-0.2, -0.15) is 11.8 Å². The summed E-state index contributed by atoms with van der Waals surface area (Å²) in [4.78, 5) is 7.03. The van der Waals surface area contributed by atoms with Crippen LogP contribution in [0.15, 0.2) is 12.4 Å². The van der Waals surface area contributed by atoms with Crippen LogP contribution < -0.4 is 5.32 Å². The van der Waals surface area contributed by atoms with Crippen LogP contribution >= 0.6 is 11.8 Å². The monoisotopic (exact) mass is 282 g/mol. The molecule has 0 amide bonds. The maximum atomic E-state index is 4.54. The Morgan fingerprint density at radius 3 is 3.11 bits per heavy atom. The molecular formula is C14H26N4S. The molecule has 2 heterocycles. The first-order valence-corrected chi connectivity index (χ1v) is 8.37. The van der Waals surface area contributed by atoms with E-state index in [-0.39, 0.29) is 0 Å². The van der Waals surface area contributed by atoms with Gasteiger partial charge in [0.25, 0.3) is 0 Å². The molecule has 0 bridgehead atoms. The van der Waals surface area contributed by atoms with Gasteiger partial charge in [0.05, 0.1) is 0 Å². The Bertz CT molecular complexity index is 379. The third-order valence-electron chi connectivity index (χ3n) is 3.95. The van der Waals surface area contributed by atoms with Crippen LogP contribution in [0.4, 0.5) is 0 Å². The van der Waals surface area contributed by atoms with E-state index in [9.17, 15) is 0 Å². The van der Waals surface area contributed by atoms with Gasteiger partial charge < -0.3 is 14.8 Å². The molecule has 1 aliphatic heterocycles. The molecule has 0 radical (unpaired) electrons. The maximum absolute atomic E-state index is 4.54. The molecule has 0 saturated carbocycles. The summed E-state index contributed by atoms with van der Waals surface area (Å²) in [6.45, 7) is 4.48. The van der Waals surface area contributed by atoms with Gasteiger partial charge in [-0.25, -0.2) is 4.98 Å². The fourth-order valence-corrected chi connectivity index (χ4v) is 4.04. The zero-order valence-electron chi connectivity index (χ0n) is 12.3. The first-order chi connectivity index (χ1) is 9.26. The Labute approximate surface area is 121 Å². The molecule has 1 aromatic heterocycles. The summed E-state index contributed by atoms with van der Waals surface area (Å²) in [6, 6.07) is 1.09. The van der Waals surface area contributed by atoms with Gasteiger partial charge in [0.1, 0.15) is 5.82 Å². The number of nitrogens with one attached hydrogen (secondary N) is 1. The zero-order valence-corrected chi connectivity index (χ0v) is 13.1. The van der Waals surface area contributed by atoms with E-state index < -0.39 is 0 Å². The fourth-order valence-electron chi connectivity index (χ4n) is 2.73. The predicted octanol–water partition coefficient (Wildman–Crippen LogP) is 1.47. The molecule has 2 rings (SSSR count). The average molecular weight is 282 g/mol. The predicted molar refractivity (Wildman–Crippen MR) is 82.8 cm³/mol. The van der Waals surface area contributed by atoms with Crippen LogP contribution in [-0.4, -0.2) is 58.7 Å². The van der Waals surface area contributed by atoms with Crippen molar-refractivity contribution in [1.29, 1.82) is 0 Å². The minimum absolute atomic E-state index is 0.482. The molecule has 1 aliphatic rings. The third kappa shape index (κ3) is 3.74. The maximum Gasteiger partial charge on any atom is 0.110 e. The highest BCUT2D eigenvalue weighted by Gasteiger charge is 2.28. The van der Waals surface area contributed by atoms with Crippen molar-refractivity contribution in [2.45, 2.75) is 38.4 Å². The molecular weight excluding hydrogens is 256 g/mol. The number of rotatable bonds is 6. The number of thioether (sulfide) groups is 1. The Kier molecular flexibility index (Phi) is 5.73. The molecule has 0 aliphatic carbocycles. The van der Waals surface area contributed by atoms with Crippen molar-refractivity contribution in [1.82, 2.24) is 19.8 Å². The van der Waals surface area contributed by atoms with E-state index in [4.69, 9.17) is 0 Å².